The van der Waals surface area contributed by atoms with Gasteiger partial charge in [0.15, 0.2) is 0 Å². The molecule has 0 unspecified atom stereocenters. The molecule has 0 radical (unpaired) electrons. The summed E-state index contributed by atoms with van der Waals surface area (Å²) in [5.74, 6) is -0.301. The summed E-state index contributed by atoms with van der Waals surface area (Å²) in [5, 5.41) is 14.0. The fourth-order valence-electron chi connectivity index (χ4n) is 3.58. The maximum Gasteiger partial charge on any atom is 0.259 e. The molecule has 4 aromatic heterocycles. The van der Waals surface area contributed by atoms with Crippen LogP contribution in [0.4, 0.5) is 5.69 Å². The minimum absolute atomic E-state index is 0.301. The number of fused-ring (bicyclic) bond motifs is 1. The Morgan fingerprint density at radius 3 is 2.72 bits per heavy atom. The SMILES string of the molecule is Cc1c(C(=O)Nc2cnc(-c3ccn(C)n3)c(Cl)c2)cnn1-c1cncc2ccccc12. The Morgan fingerprint density at radius 1 is 1.09 bits per heavy atom. The van der Waals surface area contributed by atoms with Crippen LogP contribution in [0.5, 0.6) is 0 Å². The highest BCUT2D eigenvalue weighted by molar-refractivity contribution is 6.33. The number of aromatic nitrogens is 6. The minimum Gasteiger partial charge on any atom is -0.320 e. The van der Waals surface area contributed by atoms with Gasteiger partial charge >= 0.3 is 0 Å². The number of hydrogen-bond acceptors (Lipinski definition) is 5. The van der Waals surface area contributed by atoms with Crippen molar-refractivity contribution in [2.75, 3.05) is 5.32 Å². The lowest BCUT2D eigenvalue weighted by molar-refractivity contribution is 0.102. The summed E-state index contributed by atoms with van der Waals surface area (Å²) >= 11 is 6.39. The molecular formula is C23H18ClN7O. The highest BCUT2D eigenvalue weighted by atomic mass is 35.5. The van der Waals surface area contributed by atoms with E-state index >= 15 is 0 Å². The Kier molecular flexibility index (Phi) is 4.91. The topological polar surface area (TPSA) is 90.5 Å². The summed E-state index contributed by atoms with van der Waals surface area (Å²) < 4.78 is 3.40. The van der Waals surface area contributed by atoms with E-state index in [2.05, 4.69) is 25.5 Å². The fourth-order valence-corrected chi connectivity index (χ4v) is 3.84. The van der Waals surface area contributed by atoms with Crippen molar-refractivity contribution < 1.29 is 4.79 Å². The molecule has 8 nitrogen and oxygen atoms in total. The number of nitrogens with zero attached hydrogens (tertiary/aromatic N) is 6. The predicted octanol–water partition coefficient (Wildman–Crippen LogP) is 4.43. The van der Waals surface area contributed by atoms with E-state index in [9.17, 15) is 4.79 Å². The van der Waals surface area contributed by atoms with Crippen molar-refractivity contribution in [3.05, 3.63) is 83.7 Å². The van der Waals surface area contributed by atoms with Gasteiger partial charge in [-0.15, -0.1) is 0 Å². The Balaban J connectivity index is 1.42. The van der Waals surface area contributed by atoms with Crippen LogP contribution in [0.2, 0.25) is 5.02 Å². The van der Waals surface area contributed by atoms with Gasteiger partial charge in [0.05, 0.1) is 46.2 Å². The lowest BCUT2D eigenvalue weighted by Gasteiger charge is -2.09. The molecule has 0 fully saturated rings. The molecule has 4 heterocycles. The second-order valence-electron chi connectivity index (χ2n) is 7.32. The van der Waals surface area contributed by atoms with Crippen molar-refractivity contribution in [3.63, 3.8) is 0 Å². The largest absolute Gasteiger partial charge is 0.320 e. The first-order valence-corrected chi connectivity index (χ1v) is 10.2. The van der Waals surface area contributed by atoms with Gasteiger partial charge in [0.2, 0.25) is 0 Å². The molecule has 1 N–H and O–H groups in total. The molecule has 0 aliphatic rings. The van der Waals surface area contributed by atoms with E-state index in [1.807, 2.05) is 50.5 Å². The summed E-state index contributed by atoms with van der Waals surface area (Å²) in [6.45, 7) is 1.85. The second-order valence-corrected chi connectivity index (χ2v) is 7.73. The van der Waals surface area contributed by atoms with Crippen molar-refractivity contribution in [3.8, 4) is 17.1 Å². The van der Waals surface area contributed by atoms with Gasteiger partial charge in [0.25, 0.3) is 5.91 Å². The number of pyridine rings is 2. The molecule has 5 aromatic rings. The maximum atomic E-state index is 12.9. The standard InChI is InChI=1S/C23H18ClN7O/c1-14-18(12-27-31(14)21-13-25-10-15-5-3-4-6-17(15)21)23(32)28-16-9-19(24)22(26-11-16)20-7-8-30(2)29-20/h3-13H,1-2H3,(H,28,32). The van der Waals surface area contributed by atoms with E-state index in [-0.39, 0.29) is 5.91 Å². The van der Waals surface area contributed by atoms with Gasteiger partial charge in [-0.3, -0.25) is 19.4 Å². The fraction of sp³-hybridized carbons (Fsp3) is 0.0870. The molecular weight excluding hydrogens is 426 g/mol. The third kappa shape index (κ3) is 3.50. The van der Waals surface area contributed by atoms with E-state index in [0.717, 1.165) is 16.5 Å². The van der Waals surface area contributed by atoms with Crippen molar-refractivity contribution in [2.24, 2.45) is 7.05 Å². The number of amides is 1. The van der Waals surface area contributed by atoms with Gasteiger partial charge in [-0.2, -0.15) is 10.2 Å². The average molecular weight is 444 g/mol. The van der Waals surface area contributed by atoms with Crippen LogP contribution in [0.15, 0.2) is 67.4 Å². The zero-order chi connectivity index (χ0) is 22.2. The molecule has 0 spiro atoms. The van der Waals surface area contributed by atoms with Crippen LogP contribution in [0, 0.1) is 6.92 Å². The number of carbonyl (C=O) groups excluding carboxylic acids is 1. The quantitative estimate of drug-likeness (QED) is 0.443. The molecule has 32 heavy (non-hydrogen) atoms. The average Bonchev–Trinajstić information content (AvgIpc) is 3.39. The van der Waals surface area contributed by atoms with E-state index < -0.39 is 0 Å². The number of benzene rings is 1. The number of aryl methyl sites for hydroxylation is 1. The zero-order valence-electron chi connectivity index (χ0n) is 17.3. The van der Waals surface area contributed by atoms with Crippen LogP contribution in [0.25, 0.3) is 27.8 Å². The highest BCUT2D eigenvalue weighted by Gasteiger charge is 2.18. The van der Waals surface area contributed by atoms with Gasteiger partial charge in [0.1, 0.15) is 11.4 Å². The van der Waals surface area contributed by atoms with Crippen LogP contribution in [0.3, 0.4) is 0 Å². The molecule has 1 amide bonds. The van der Waals surface area contributed by atoms with E-state index in [1.54, 1.807) is 40.2 Å². The smallest absolute Gasteiger partial charge is 0.259 e. The van der Waals surface area contributed by atoms with E-state index in [4.69, 9.17) is 11.6 Å². The predicted molar refractivity (Wildman–Crippen MR) is 123 cm³/mol. The number of hydrogen-bond donors (Lipinski definition) is 1. The van der Waals surface area contributed by atoms with Crippen molar-refractivity contribution in [2.45, 2.75) is 6.92 Å². The van der Waals surface area contributed by atoms with Crippen molar-refractivity contribution >= 4 is 34.0 Å². The first kappa shape index (κ1) is 19.9. The van der Waals surface area contributed by atoms with Gasteiger partial charge in [0, 0.05) is 30.2 Å². The first-order chi connectivity index (χ1) is 15.5. The van der Waals surface area contributed by atoms with Crippen LogP contribution < -0.4 is 5.32 Å². The number of nitrogens with one attached hydrogen (secondary N) is 1. The van der Waals surface area contributed by atoms with Crippen LogP contribution in [-0.2, 0) is 7.05 Å². The van der Waals surface area contributed by atoms with Gasteiger partial charge in [-0.05, 0) is 19.1 Å². The molecule has 0 saturated heterocycles. The lowest BCUT2D eigenvalue weighted by Crippen LogP contribution is -2.13. The van der Waals surface area contributed by atoms with E-state index in [0.29, 0.717) is 33.4 Å². The van der Waals surface area contributed by atoms with E-state index in [1.165, 1.54) is 0 Å². The monoisotopic (exact) mass is 443 g/mol. The molecule has 0 atom stereocenters. The summed E-state index contributed by atoms with van der Waals surface area (Å²) in [4.78, 5) is 21.6. The minimum atomic E-state index is -0.301. The summed E-state index contributed by atoms with van der Waals surface area (Å²) in [7, 11) is 1.82. The number of rotatable bonds is 4. The Labute approximate surface area is 188 Å². The normalized spacial score (nSPS) is 11.1. The van der Waals surface area contributed by atoms with Gasteiger partial charge in [-0.1, -0.05) is 35.9 Å². The summed E-state index contributed by atoms with van der Waals surface area (Å²) in [6, 6.07) is 11.4. The molecule has 0 aliphatic carbocycles. The molecule has 158 valence electrons. The maximum absolute atomic E-state index is 12.9. The molecule has 0 aliphatic heterocycles. The van der Waals surface area contributed by atoms with Crippen LogP contribution in [-0.4, -0.2) is 35.4 Å². The van der Waals surface area contributed by atoms with Gasteiger partial charge in [-0.25, -0.2) is 4.68 Å². The number of halogens is 1. The molecule has 0 bridgehead atoms. The van der Waals surface area contributed by atoms with Crippen molar-refractivity contribution in [1.82, 2.24) is 29.5 Å². The van der Waals surface area contributed by atoms with Crippen LogP contribution in [0.1, 0.15) is 16.1 Å². The number of anilines is 1. The Morgan fingerprint density at radius 2 is 1.94 bits per heavy atom. The molecule has 5 rings (SSSR count). The number of carbonyl (C=O) groups is 1. The van der Waals surface area contributed by atoms with Crippen LogP contribution >= 0.6 is 11.6 Å². The summed E-state index contributed by atoms with van der Waals surface area (Å²) in [6.07, 6.45) is 8.46. The third-order valence-corrected chi connectivity index (χ3v) is 5.47. The van der Waals surface area contributed by atoms with Crippen molar-refractivity contribution in [1.29, 1.82) is 0 Å². The second kappa shape index (κ2) is 7.90. The Hall–Kier alpha value is -4.04. The third-order valence-electron chi connectivity index (χ3n) is 5.19. The summed E-state index contributed by atoms with van der Waals surface area (Å²) in [5.41, 5.74) is 3.66. The first-order valence-electron chi connectivity index (χ1n) is 9.86. The molecule has 1 aromatic carbocycles. The lowest BCUT2D eigenvalue weighted by atomic mass is 10.1. The van der Waals surface area contributed by atoms with Gasteiger partial charge < -0.3 is 5.32 Å². The zero-order valence-corrected chi connectivity index (χ0v) is 18.1. The Bertz CT molecular complexity index is 1470. The molecule has 0 saturated carbocycles. The molecule has 9 heteroatoms. The highest BCUT2D eigenvalue weighted by Crippen LogP contribution is 2.27.